The molecule has 2 unspecified atom stereocenters. The van der Waals surface area contributed by atoms with Crippen molar-refractivity contribution in [3.63, 3.8) is 0 Å². The van der Waals surface area contributed by atoms with E-state index in [1.54, 1.807) is 11.3 Å². The van der Waals surface area contributed by atoms with Gasteiger partial charge in [0.25, 0.3) is 0 Å². The van der Waals surface area contributed by atoms with E-state index in [-0.39, 0.29) is 0 Å². The summed E-state index contributed by atoms with van der Waals surface area (Å²) in [5.74, 6) is 1.46. The maximum Gasteiger partial charge on any atom is 0.0907 e. The fourth-order valence-electron chi connectivity index (χ4n) is 3.57. The summed E-state index contributed by atoms with van der Waals surface area (Å²) in [6.45, 7) is 6.71. The second kappa shape index (κ2) is 5.84. The number of aromatic nitrogens is 1. The third-order valence-corrected chi connectivity index (χ3v) is 5.62. The Kier molecular flexibility index (Phi) is 4.07. The van der Waals surface area contributed by atoms with Crippen LogP contribution in [0.2, 0.25) is 0 Å². The van der Waals surface area contributed by atoms with Gasteiger partial charge >= 0.3 is 0 Å². The van der Waals surface area contributed by atoms with Gasteiger partial charge in [0.05, 0.1) is 26.6 Å². The molecular weight excluding hydrogens is 278 g/mol. The number of nitrogens with zero attached hydrogens (tertiary/aromatic N) is 1. The van der Waals surface area contributed by atoms with Crippen LogP contribution in [-0.4, -0.2) is 11.0 Å². The van der Waals surface area contributed by atoms with Crippen molar-refractivity contribution in [1.29, 1.82) is 0 Å². The van der Waals surface area contributed by atoms with Gasteiger partial charge in [-0.25, -0.2) is 4.98 Å². The van der Waals surface area contributed by atoms with E-state index in [1.807, 2.05) is 6.92 Å². The van der Waals surface area contributed by atoms with E-state index in [4.69, 9.17) is 5.73 Å². The molecule has 21 heavy (non-hydrogen) atoms. The summed E-state index contributed by atoms with van der Waals surface area (Å²) in [5, 5.41) is 4.82. The van der Waals surface area contributed by atoms with Crippen molar-refractivity contribution in [3.8, 4) is 0 Å². The van der Waals surface area contributed by atoms with Crippen molar-refractivity contribution in [2.45, 2.75) is 52.5 Å². The lowest BCUT2D eigenvalue weighted by Crippen LogP contribution is -2.35. The summed E-state index contributed by atoms with van der Waals surface area (Å²) in [6.07, 6.45) is 5.25. The molecule has 0 amide bonds. The molecule has 2 atom stereocenters. The Bertz CT molecular complexity index is 632. The highest BCUT2D eigenvalue weighted by Gasteiger charge is 2.27. The number of anilines is 2. The number of aryl methyl sites for hydroxylation is 1. The fraction of sp³-hybridized carbons (Fsp3) is 0.588. The Hall–Kier alpha value is -1.29. The van der Waals surface area contributed by atoms with Crippen LogP contribution in [0.15, 0.2) is 12.1 Å². The van der Waals surface area contributed by atoms with Gasteiger partial charge in [0.2, 0.25) is 0 Å². The van der Waals surface area contributed by atoms with Crippen LogP contribution in [0.3, 0.4) is 0 Å². The predicted molar refractivity (Wildman–Crippen MR) is 93.0 cm³/mol. The summed E-state index contributed by atoms with van der Waals surface area (Å²) < 4.78 is 1.18. The van der Waals surface area contributed by atoms with Crippen molar-refractivity contribution in [2.75, 3.05) is 11.1 Å². The molecule has 1 aromatic carbocycles. The number of thiazole rings is 1. The summed E-state index contributed by atoms with van der Waals surface area (Å²) in [6, 6.07) is 4.73. The molecule has 0 bridgehead atoms. The zero-order valence-electron chi connectivity index (χ0n) is 13.1. The zero-order chi connectivity index (χ0) is 15.0. The van der Waals surface area contributed by atoms with Crippen LogP contribution in [0.1, 0.15) is 44.5 Å². The van der Waals surface area contributed by atoms with Crippen LogP contribution in [0.5, 0.6) is 0 Å². The first-order chi connectivity index (χ1) is 10.0. The average molecular weight is 303 g/mol. The van der Waals surface area contributed by atoms with Gasteiger partial charge in [-0.15, -0.1) is 11.3 Å². The molecule has 0 aliphatic heterocycles. The second-order valence-corrected chi connectivity index (χ2v) is 7.82. The molecule has 1 heterocycles. The molecule has 3 nitrogen and oxygen atoms in total. The Balaban J connectivity index is 1.87. The van der Waals surface area contributed by atoms with Crippen LogP contribution >= 0.6 is 11.3 Å². The first kappa shape index (κ1) is 14.6. The Labute approximate surface area is 131 Å². The number of rotatable bonds is 3. The van der Waals surface area contributed by atoms with Crippen LogP contribution < -0.4 is 11.1 Å². The molecule has 2 aromatic rings. The number of nitrogen functional groups attached to an aromatic ring is 1. The molecule has 0 saturated heterocycles. The first-order valence-electron chi connectivity index (χ1n) is 7.98. The zero-order valence-corrected chi connectivity index (χ0v) is 14.0. The van der Waals surface area contributed by atoms with E-state index in [9.17, 15) is 0 Å². The minimum atomic E-state index is 0.540. The van der Waals surface area contributed by atoms with Crippen LogP contribution in [0, 0.1) is 18.8 Å². The maximum absolute atomic E-state index is 6.25. The minimum absolute atomic E-state index is 0.540. The molecular formula is C17H25N3S. The van der Waals surface area contributed by atoms with Gasteiger partial charge in [0.15, 0.2) is 0 Å². The minimum Gasteiger partial charge on any atom is -0.397 e. The number of nitrogens with two attached hydrogens (primary N) is 1. The SMILES string of the molecule is Cc1nc2cc(NC3CCCCC3C(C)C)c(N)cc2s1. The molecule has 114 valence electrons. The number of nitrogens with one attached hydrogen (secondary N) is 1. The molecule has 1 fully saturated rings. The van der Waals surface area contributed by atoms with Crippen molar-refractivity contribution in [2.24, 2.45) is 11.8 Å². The van der Waals surface area contributed by atoms with Crippen molar-refractivity contribution >= 4 is 32.9 Å². The third kappa shape index (κ3) is 3.00. The molecule has 0 spiro atoms. The molecule has 3 N–H and O–H groups in total. The van der Waals surface area contributed by atoms with Gasteiger partial charge in [-0.1, -0.05) is 26.7 Å². The monoisotopic (exact) mass is 303 g/mol. The number of fused-ring (bicyclic) bond motifs is 1. The lowest BCUT2D eigenvalue weighted by molar-refractivity contribution is 0.254. The summed E-state index contributed by atoms with van der Waals surface area (Å²) in [7, 11) is 0. The first-order valence-corrected chi connectivity index (χ1v) is 8.79. The lowest BCUT2D eigenvalue weighted by Gasteiger charge is -2.35. The predicted octanol–water partition coefficient (Wildman–Crippen LogP) is 4.81. The summed E-state index contributed by atoms with van der Waals surface area (Å²) in [5.41, 5.74) is 9.22. The lowest BCUT2D eigenvalue weighted by atomic mass is 9.77. The van der Waals surface area contributed by atoms with E-state index in [0.29, 0.717) is 12.0 Å². The van der Waals surface area contributed by atoms with Crippen molar-refractivity contribution in [1.82, 2.24) is 4.98 Å². The maximum atomic E-state index is 6.25. The van der Waals surface area contributed by atoms with E-state index in [2.05, 4.69) is 36.3 Å². The largest absolute Gasteiger partial charge is 0.397 e. The highest BCUT2D eigenvalue weighted by molar-refractivity contribution is 7.18. The second-order valence-electron chi connectivity index (χ2n) is 6.58. The highest BCUT2D eigenvalue weighted by Crippen LogP contribution is 2.35. The van der Waals surface area contributed by atoms with E-state index < -0.39 is 0 Å². The van der Waals surface area contributed by atoms with Gasteiger partial charge in [-0.05, 0) is 43.7 Å². The number of hydrogen-bond acceptors (Lipinski definition) is 4. The van der Waals surface area contributed by atoms with Gasteiger partial charge < -0.3 is 11.1 Å². The molecule has 1 saturated carbocycles. The molecule has 1 aliphatic carbocycles. The molecule has 4 heteroatoms. The quantitative estimate of drug-likeness (QED) is 0.800. The summed E-state index contributed by atoms with van der Waals surface area (Å²) >= 11 is 1.71. The van der Waals surface area contributed by atoms with Gasteiger partial charge in [-0.3, -0.25) is 0 Å². The Morgan fingerprint density at radius 2 is 2.05 bits per heavy atom. The number of hydrogen-bond donors (Lipinski definition) is 2. The van der Waals surface area contributed by atoms with Crippen molar-refractivity contribution < 1.29 is 0 Å². The van der Waals surface area contributed by atoms with Crippen LogP contribution in [0.4, 0.5) is 11.4 Å². The highest BCUT2D eigenvalue weighted by atomic mass is 32.1. The Morgan fingerprint density at radius 1 is 1.29 bits per heavy atom. The summed E-state index contributed by atoms with van der Waals surface area (Å²) in [4.78, 5) is 4.59. The fourth-order valence-corrected chi connectivity index (χ4v) is 4.42. The smallest absolute Gasteiger partial charge is 0.0907 e. The Morgan fingerprint density at radius 3 is 2.81 bits per heavy atom. The molecule has 3 rings (SSSR count). The third-order valence-electron chi connectivity index (χ3n) is 4.68. The normalized spacial score (nSPS) is 22.9. The standard InChI is InChI=1S/C17H25N3S/c1-10(2)12-6-4-5-7-14(12)20-15-9-16-17(8-13(15)18)21-11(3)19-16/h8-10,12,14,20H,4-7,18H2,1-3H3. The molecule has 0 radical (unpaired) electrons. The van der Waals surface area contributed by atoms with E-state index in [0.717, 1.165) is 27.8 Å². The molecule has 1 aromatic heterocycles. The average Bonchev–Trinajstić information content (AvgIpc) is 2.78. The van der Waals surface area contributed by atoms with Crippen molar-refractivity contribution in [3.05, 3.63) is 17.1 Å². The van der Waals surface area contributed by atoms with E-state index in [1.165, 1.54) is 30.4 Å². The van der Waals surface area contributed by atoms with E-state index >= 15 is 0 Å². The van der Waals surface area contributed by atoms with Gasteiger partial charge in [0.1, 0.15) is 0 Å². The van der Waals surface area contributed by atoms with Gasteiger partial charge in [0, 0.05) is 6.04 Å². The van der Waals surface area contributed by atoms with Gasteiger partial charge in [-0.2, -0.15) is 0 Å². The van der Waals surface area contributed by atoms with Crippen LogP contribution in [-0.2, 0) is 0 Å². The topological polar surface area (TPSA) is 50.9 Å². The van der Waals surface area contributed by atoms with Crippen LogP contribution in [0.25, 0.3) is 10.2 Å². The molecule has 1 aliphatic rings. The number of benzene rings is 1.